The number of aromatic amines is 1. The highest BCUT2D eigenvalue weighted by atomic mass is 16.4. The lowest BCUT2D eigenvalue weighted by Gasteiger charge is -1.95. The minimum atomic E-state index is -1.01. The molecule has 0 radical (unpaired) electrons. The smallest absolute Gasteiger partial charge is 0.338 e. The van der Waals surface area contributed by atoms with Crippen LogP contribution in [0.4, 0.5) is 0 Å². The van der Waals surface area contributed by atoms with Crippen LogP contribution in [-0.4, -0.2) is 30.8 Å². The fourth-order valence-electron chi connectivity index (χ4n) is 2.34. The Kier molecular flexibility index (Phi) is 2.32. The van der Waals surface area contributed by atoms with Gasteiger partial charge in [0.25, 0.3) is 0 Å². The first-order chi connectivity index (χ1) is 10.2. The second-order valence-electron chi connectivity index (χ2n) is 4.76. The van der Waals surface area contributed by atoms with Gasteiger partial charge in [0.15, 0.2) is 0 Å². The molecule has 4 rings (SSSR count). The fourth-order valence-corrected chi connectivity index (χ4v) is 2.34. The summed E-state index contributed by atoms with van der Waals surface area (Å²) in [7, 11) is 0. The highest BCUT2D eigenvalue weighted by Crippen LogP contribution is 2.22. The molecule has 6 heteroatoms. The van der Waals surface area contributed by atoms with Gasteiger partial charge in [-0.2, -0.15) is 5.10 Å². The van der Waals surface area contributed by atoms with Crippen LogP contribution in [0.3, 0.4) is 0 Å². The van der Waals surface area contributed by atoms with Crippen LogP contribution in [0.25, 0.3) is 27.8 Å². The number of nitrogens with one attached hydrogen (secondary N) is 1. The molecule has 0 aliphatic rings. The summed E-state index contributed by atoms with van der Waals surface area (Å²) in [6.07, 6.45) is 2.73. The van der Waals surface area contributed by atoms with Gasteiger partial charge in [-0.3, -0.25) is 0 Å². The molecule has 6 nitrogen and oxygen atoms in total. The largest absolute Gasteiger partial charge is 0.478 e. The molecule has 0 atom stereocenters. The van der Waals surface area contributed by atoms with Crippen LogP contribution in [0.15, 0.2) is 48.8 Å². The highest BCUT2D eigenvalue weighted by molar-refractivity contribution is 5.95. The van der Waals surface area contributed by atoms with E-state index in [2.05, 4.69) is 15.1 Å². The maximum atomic E-state index is 10.9. The third-order valence-electron chi connectivity index (χ3n) is 3.38. The number of carboxylic acid groups (broad SMARTS) is 1. The van der Waals surface area contributed by atoms with E-state index in [1.54, 1.807) is 0 Å². The number of carboxylic acids is 1. The number of aromatic nitrogens is 4. The summed E-state index contributed by atoms with van der Waals surface area (Å²) >= 11 is 0. The van der Waals surface area contributed by atoms with Gasteiger partial charge in [0.05, 0.1) is 22.8 Å². The first-order valence-corrected chi connectivity index (χ1v) is 6.37. The number of imidazole rings is 1. The SMILES string of the molecule is O=C(O)c1cnn(-c2nc3cc4ccccc4cc3[nH]2)c1. The number of fused-ring (bicyclic) bond motifs is 2. The van der Waals surface area contributed by atoms with E-state index in [0.717, 1.165) is 21.8 Å². The molecule has 21 heavy (non-hydrogen) atoms. The van der Waals surface area contributed by atoms with Gasteiger partial charge in [-0.1, -0.05) is 24.3 Å². The molecule has 2 N–H and O–H groups in total. The van der Waals surface area contributed by atoms with Crippen LogP contribution in [0.1, 0.15) is 10.4 Å². The number of nitrogens with zero attached hydrogens (tertiary/aromatic N) is 3. The Balaban J connectivity index is 1.89. The Morgan fingerprint density at radius 2 is 1.95 bits per heavy atom. The number of benzene rings is 2. The van der Waals surface area contributed by atoms with E-state index in [9.17, 15) is 4.79 Å². The van der Waals surface area contributed by atoms with Crippen molar-refractivity contribution in [3.05, 3.63) is 54.4 Å². The molecule has 0 fully saturated rings. The monoisotopic (exact) mass is 278 g/mol. The van der Waals surface area contributed by atoms with Crippen LogP contribution in [0.2, 0.25) is 0 Å². The van der Waals surface area contributed by atoms with Gasteiger partial charge in [-0.15, -0.1) is 0 Å². The van der Waals surface area contributed by atoms with E-state index >= 15 is 0 Å². The summed E-state index contributed by atoms with van der Waals surface area (Å²) in [4.78, 5) is 18.5. The van der Waals surface area contributed by atoms with Crippen molar-refractivity contribution < 1.29 is 9.90 Å². The quantitative estimate of drug-likeness (QED) is 0.590. The molecule has 0 saturated carbocycles. The molecule has 0 aliphatic carbocycles. The first-order valence-electron chi connectivity index (χ1n) is 6.37. The van der Waals surface area contributed by atoms with Gasteiger partial charge < -0.3 is 10.1 Å². The normalized spacial score (nSPS) is 11.2. The van der Waals surface area contributed by atoms with Crippen LogP contribution in [-0.2, 0) is 0 Å². The Labute approximate surface area is 118 Å². The number of hydrogen-bond donors (Lipinski definition) is 2. The fraction of sp³-hybridized carbons (Fsp3) is 0. The lowest BCUT2D eigenvalue weighted by molar-refractivity contribution is 0.0697. The Bertz CT molecular complexity index is 931. The molecule has 102 valence electrons. The zero-order chi connectivity index (χ0) is 14.4. The van der Waals surface area contributed by atoms with Crippen LogP contribution >= 0.6 is 0 Å². The molecule has 2 heterocycles. The Morgan fingerprint density at radius 3 is 2.67 bits per heavy atom. The van der Waals surface area contributed by atoms with E-state index in [1.807, 2.05) is 36.4 Å². The number of carbonyl (C=O) groups is 1. The second kappa shape index (κ2) is 4.17. The maximum absolute atomic E-state index is 10.9. The average molecular weight is 278 g/mol. The van der Waals surface area contributed by atoms with Crippen molar-refractivity contribution in [2.75, 3.05) is 0 Å². The zero-order valence-corrected chi connectivity index (χ0v) is 10.8. The van der Waals surface area contributed by atoms with E-state index in [-0.39, 0.29) is 5.56 Å². The van der Waals surface area contributed by atoms with Gasteiger partial charge in [0.2, 0.25) is 5.95 Å². The zero-order valence-electron chi connectivity index (χ0n) is 10.8. The highest BCUT2D eigenvalue weighted by Gasteiger charge is 2.10. The lowest BCUT2D eigenvalue weighted by atomic mass is 10.1. The standard InChI is InChI=1S/C15H10N4O2/c20-14(21)11-7-16-19(8-11)15-17-12-5-9-3-1-2-4-10(9)6-13(12)18-15/h1-8H,(H,17,18)(H,20,21). The van der Waals surface area contributed by atoms with Crippen LogP contribution in [0.5, 0.6) is 0 Å². The summed E-state index contributed by atoms with van der Waals surface area (Å²) < 4.78 is 1.42. The van der Waals surface area contributed by atoms with Crippen molar-refractivity contribution in [1.82, 2.24) is 19.7 Å². The predicted octanol–water partition coefficient (Wildman–Crippen LogP) is 2.60. The second-order valence-corrected chi connectivity index (χ2v) is 4.76. The third kappa shape index (κ3) is 1.85. The Morgan fingerprint density at radius 1 is 1.19 bits per heavy atom. The maximum Gasteiger partial charge on any atom is 0.338 e. The minimum Gasteiger partial charge on any atom is -0.478 e. The van der Waals surface area contributed by atoms with Gasteiger partial charge in [-0.05, 0) is 22.9 Å². The molecule has 2 aromatic carbocycles. The Hall–Kier alpha value is -3.15. The van der Waals surface area contributed by atoms with Gasteiger partial charge >= 0.3 is 5.97 Å². The van der Waals surface area contributed by atoms with E-state index in [4.69, 9.17) is 5.11 Å². The minimum absolute atomic E-state index is 0.126. The number of hydrogen-bond acceptors (Lipinski definition) is 3. The molecule has 0 saturated heterocycles. The third-order valence-corrected chi connectivity index (χ3v) is 3.38. The summed E-state index contributed by atoms with van der Waals surface area (Å²) in [5, 5.41) is 15.2. The van der Waals surface area contributed by atoms with E-state index in [0.29, 0.717) is 5.95 Å². The summed E-state index contributed by atoms with van der Waals surface area (Å²) in [5.41, 5.74) is 1.83. The van der Waals surface area contributed by atoms with Gasteiger partial charge in [0.1, 0.15) is 0 Å². The predicted molar refractivity (Wildman–Crippen MR) is 77.7 cm³/mol. The topological polar surface area (TPSA) is 83.8 Å². The van der Waals surface area contributed by atoms with Crippen molar-refractivity contribution in [3.63, 3.8) is 0 Å². The lowest BCUT2D eigenvalue weighted by Crippen LogP contribution is -1.97. The molecular weight excluding hydrogens is 268 g/mol. The molecule has 0 spiro atoms. The molecule has 2 aromatic heterocycles. The average Bonchev–Trinajstić information content (AvgIpc) is 3.11. The van der Waals surface area contributed by atoms with Crippen molar-refractivity contribution in [2.45, 2.75) is 0 Å². The van der Waals surface area contributed by atoms with Crippen LogP contribution in [0, 0.1) is 0 Å². The molecule has 0 unspecified atom stereocenters. The molecular formula is C15H10N4O2. The summed E-state index contributed by atoms with van der Waals surface area (Å²) in [5.74, 6) is -0.518. The number of aromatic carboxylic acids is 1. The van der Waals surface area contributed by atoms with E-state index < -0.39 is 5.97 Å². The van der Waals surface area contributed by atoms with Crippen molar-refractivity contribution in [3.8, 4) is 5.95 Å². The van der Waals surface area contributed by atoms with Crippen molar-refractivity contribution in [1.29, 1.82) is 0 Å². The van der Waals surface area contributed by atoms with Crippen LogP contribution < -0.4 is 0 Å². The number of rotatable bonds is 2. The van der Waals surface area contributed by atoms with Crippen molar-refractivity contribution >= 4 is 27.8 Å². The van der Waals surface area contributed by atoms with Gasteiger partial charge in [-0.25, -0.2) is 14.5 Å². The molecule has 4 aromatic rings. The first kappa shape index (κ1) is 11.7. The van der Waals surface area contributed by atoms with E-state index in [1.165, 1.54) is 17.1 Å². The summed E-state index contributed by atoms with van der Waals surface area (Å²) in [6, 6.07) is 12.0. The van der Waals surface area contributed by atoms with Crippen molar-refractivity contribution in [2.24, 2.45) is 0 Å². The summed E-state index contributed by atoms with van der Waals surface area (Å²) in [6.45, 7) is 0. The molecule has 0 amide bonds. The molecule has 0 aliphatic heterocycles. The van der Waals surface area contributed by atoms with Gasteiger partial charge in [0, 0.05) is 6.20 Å². The molecule has 0 bridgehead atoms. The number of H-pyrrole nitrogens is 1.